The fourth-order valence-corrected chi connectivity index (χ4v) is 2.87. The molecule has 3 nitrogen and oxygen atoms in total. The van der Waals surface area contributed by atoms with Crippen molar-refractivity contribution < 1.29 is 4.79 Å². The van der Waals surface area contributed by atoms with Gasteiger partial charge in [-0.1, -0.05) is 12.8 Å². The van der Waals surface area contributed by atoms with E-state index in [9.17, 15) is 4.79 Å². The normalized spacial score (nSPS) is 30.9. The Hall–Kier alpha value is -1.04. The first-order valence-corrected chi connectivity index (χ1v) is 6.49. The summed E-state index contributed by atoms with van der Waals surface area (Å²) < 4.78 is 0. The highest BCUT2D eigenvalue weighted by atomic mass is 16.1. The number of nitrogens with zero attached hydrogens (tertiary/aromatic N) is 1. The molecule has 2 aliphatic rings. The Kier molecular flexibility index (Phi) is 3.82. The summed E-state index contributed by atoms with van der Waals surface area (Å²) in [5, 5.41) is 12.0. The first-order valence-electron chi connectivity index (χ1n) is 6.49. The van der Waals surface area contributed by atoms with Crippen LogP contribution in [0.5, 0.6) is 0 Å². The molecule has 0 aliphatic heterocycles. The van der Waals surface area contributed by atoms with Crippen LogP contribution in [-0.2, 0) is 4.79 Å². The van der Waals surface area contributed by atoms with E-state index in [1.165, 1.54) is 12.8 Å². The van der Waals surface area contributed by atoms with Crippen LogP contribution in [0.4, 0.5) is 0 Å². The van der Waals surface area contributed by atoms with Crippen LogP contribution in [0.1, 0.15) is 51.4 Å². The zero-order valence-corrected chi connectivity index (χ0v) is 9.74. The van der Waals surface area contributed by atoms with E-state index in [4.69, 9.17) is 5.26 Å². The molecular formula is C13H20N2O. The zero-order valence-electron chi connectivity index (χ0n) is 9.74. The maximum atomic E-state index is 11.9. The van der Waals surface area contributed by atoms with Crippen molar-refractivity contribution >= 4 is 5.91 Å². The molecule has 2 fully saturated rings. The highest BCUT2D eigenvalue weighted by Crippen LogP contribution is 2.27. The number of carbonyl (C=O) groups is 1. The van der Waals surface area contributed by atoms with Crippen LogP contribution in [0, 0.1) is 23.2 Å². The number of nitrogens with one attached hydrogen (secondary N) is 1. The summed E-state index contributed by atoms with van der Waals surface area (Å²) in [7, 11) is 0. The lowest BCUT2D eigenvalue weighted by Crippen LogP contribution is -2.40. The Balaban J connectivity index is 1.74. The standard InChI is InChI=1S/C13H20N2O/c14-9-10-5-7-12(8-6-10)15-13(16)11-3-1-2-4-11/h10-12H,1-8H2,(H,15,16). The molecule has 1 N–H and O–H groups in total. The van der Waals surface area contributed by atoms with Crippen molar-refractivity contribution in [1.82, 2.24) is 5.32 Å². The summed E-state index contributed by atoms with van der Waals surface area (Å²) in [6, 6.07) is 2.65. The number of carbonyl (C=O) groups excluding carboxylic acids is 1. The summed E-state index contributed by atoms with van der Waals surface area (Å²) in [4.78, 5) is 11.9. The van der Waals surface area contributed by atoms with Gasteiger partial charge in [0.05, 0.1) is 6.07 Å². The minimum atomic E-state index is 0.222. The molecule has 0 heterocycles. The lowest BCUT2D eigenvalue weighted by Gasteiger charge is -2.26. The average Bonchev–Trinajstić information content (AvgIpc) is 2.83. The van der Waals surface area contributed by atoms with Crippen LogP contribution >= 0.6 is 0 Å². The first kappa shape index (κ1) is 11.4. The molecule has 3 heteroatoms. The fraction of sp³-hybridized carbons (Fsp3) is 0.846. The van der Waals surface area contributed by atoms with Gasteiger partial charge in [-0.05, 0) is 38.5 Å². The molecule has 0 spiro atoms. The van der Waals surface area contributed by atoms with Crippen molar-refractivity contribution in [3.8, 4) is 6.07 Å². The maximum Gasteiger partial charge on any atom is 0.223 e. The third-order valence-corrected chi connectivity index (χ3v) is 3.98. The number of nitriles is 1. The molecule has 0 aromatic carbocycles. The van der Waals surface area contributed by atoms with Gasteiger partial charge in [0.15, 0.2) is 0 Å². The number of rotatable bonds is 2. The maximum absolute atomic E-state index is 11.9. The SMILES string of the molecule is N#CC1CCC(NC(=O)C2CCCC2)CC1. The van der Waals surface area contributed by atoms with Crippen LogP contribution in [0.2, 0.25) is 0 Å². The smallest absolute Gasteiger partial charge is 0.223 e. The van der Waals surface area contributed by atoms with Crippen molar-refractivity contribution in [2.24, 2.45) is 11.8 Å². The molecule has 0 aromatic heterocycles. The van der Waals surface area contributed by atoms with Crippen molar-refractivity contribution in [3.63, 3.8) is 0 Å². The summed E-state index contributed by atoms with van der Waals surface area (Å²) in [5.74, 6) is 0.756. The molecule has 0 aromatic rings. The number of amides is 1. The van der Waals surface area contributed by atoms with Crippen molar-refractivity contribution in [2.75, 3.05) is 0 Å². The molecule has 2 rings (SSSR count). The Morgan fingerprint density at radius 2 is 1.69 bits per heavy atom. The van der Waals surface area contributed by atoms with Crippen LogP contribution < -0.4 is 5.32 Å². The molecule has 0 bridgehead atoms. The number of hydrogen-bond donors (Lipinski definition) is 1. The van der Waals surface area contributed by atoms with Gasteiger partial charge < -0.3 is 5.32 Å². The van der Waals surface area contributed by atoms with E-state index >= 15 is 0 Å². The van der Waals surface area contributed by atoms with E-state index in [2.05, 4.69) is 11.4 Å². The molecule has 2 saturated carbocycles. The van der Waals surface area contributed by atoms with Gasteiger partial charge in [-0.15, -0.1) is 0 Å². The second-order valence-corrected chi connectivity index (χ2v) is 5.17. The first-order chi connectivity index (χ1) is 7.79. The second-order valence-electron chi connectivity index (χ2n) is 5.17. The quantitative estimate of drug-likeness (QED) is 0.776. The van der Waals surface area contributed by atoms with E-state index < -0.39 is 0 Å². The van der Waals surface area contributed by atoms with Gasteiger partial charge in [-0.3, -0.25) is 4.79 Å². The Labute approximate surface area is 97.2 Å². The Bertz CT molecular complexity index is 281. The topological polar surface area (TPSA) is 52.9 Å². The summed E-state index contributed by atoms with van der Waals surface area (Å²) >= 11 is 0. The van der Waals surface area contributed by atoms with Gasteiger partial charge in [-0.2, -0.15) is 5.26 Å². The zero-order chi connectivity index (χ0) is 11.4. The largest absolute Gasteiger partial charge is 0.353 e. The molecule has 16 heavy (non-hydrogen) atoms. The van der Waals surface area contributed by atoms with Crippen LogP contribution in [0.25, 0.3) is 0 Å². The van der Waals surface area contributed by atoms with E-state index in [0.29, 0.717) is 6.04 Å². The minimum absolute atomic E-state index is 0.222. The monoisotopic (exact) mass is 220 g/mol. The molecule has 0 radical (unpaired) electrons. The summed E-state index contributed by atoms with van der Waals surface area (Å²) in [6.07, 6.45) is 8.42. The van der Waals surface area contributed by atoms with Crippen molar-refractivity contribution in [1.29, 1.82) is 5.26 Å². The lowest BCUT2D eigenvalue weighted by atomic mass is 9.87. The van der Waals surface area contributed by atoms with Crippen molar-refractivity contribution in [3.05, 3.63) is 0 Å². The van der Waals surface area contributed by atoms with Gasteiger partial charge in [0.2, 0.25) is 5.91 Å². The van der Waals surface area contributed by atoms with E-state index in [1.54, 1.807) is 0 Å². The van der Waals surface area contributed by atoms with Gasteiger partial charge in [0.1, 0.15) is 0 Å². The van der Waals surface area contributed by atoms with Gasteiger partial charge in [-0.25, -0.2) is 0 Å². The van der Waals surface area contributed by atoms with E-state index in [1.807, 2.05) is 0 Å². The van der Waals surface area contributed by atoms with E-state index in [0.717, 1.165) is 38.5 Å². The average molecular weight is 220 g/mol. The van der Waals surface area contributed by atoms with E-state index in [-0.39, 0.29) is 17.7 Å². The number of hydrogen-bond acceptors (Lipinski definition) is 2. The van der Waals surface area contributed by atoms with Crippen LogP contribution in [0.3, 0.4) is 0 Å². The summed E-state index contributed by atoms with van der Waals surface area (Å²) in [6.45, 7) is 0. The Morgan fingerprint density at radius 1 is 1.06 bits per heavy atom. The Morgan fingerprint density at radius 3 is 2.25 bits per heavy atom. The van der Waals surface area contributed by atoms with Gasteiger partial charge >= 0.3 is 0 Å². The van der Waals surface area contributed by atoms with Crippen molar-refractivity contribution in [2.45, 2.75) is 57.4 Å². The van der Waals surface area contributed by atoms with Crippen LogP contribution in [-0.4, -0.2) is 11.9 Å². The summed E-state index contributed by atoms with van der Waals surface area (Å²) in [5.41, 5.74) is 0. The molecule has 1 amide bonds. The highest BCUT2D eigenvalue weighted by molar-refractivity contribution is 5.79. The van der Waals surface area contributed by atoms with Gasteiger partial charge in [0.25, 0.3) is 0 Å². The minimum Gasteiger partial charge on any atom is -0.353 e. The fourth-order valence-electron chi connectivity index (χ4n) is 2.87. The molecule has 88 valence electrons. The molecule has 0 unspecified atom stereocenters. The molecule has 2 aliphatic carbocycles. The third kappa shape index (κ3) is 2.75. The molecule has 0 atom stereocenters. The second kappa shape index (κ2) is 5.34. The predicted octanol–water partition coefficient (Wildman–Crippen LogP) is 2.38. The highest BCUT2D eigenvalue weighted by Gasteiger charge is 2.27. The van der Waals surface area contributed by atoms with Crippen LogP contribution in [0.15, 0.2) is 0 Å². The molecule has 0 saturated heterocycles. The third-order valence-electron chi connectivity index (χ3n) is 3.98. The predicted molar refractivity (Wildman–Crippen MR) is 61.5 cm³/mol. The molecular weight excluding hydrogens is 200 g/mol. The van der Waals surface area contributed by atoms with Gasteiger partial charge in [0, 0.05) is 17.9 Å². The lowest BCUT2D eigenvalue weighted by molar-refractivity contribution is -0.125.